The van der Waals surface area contributed by atoms with Crippen molar-refractivity contribution in [3.05, 3.63) is 89.0 Å². The van der Waals surface area contributed by atoms with Crippen LogP contribution in [-0.2, 0) is 4.79 Å². The number of carbonyl (C=O) groups is 1. The van der Waals surface area contributed by atoms with E-state index >= 15 is 0 Å². The summed E-state index contributed by atoms with van der Waals surface area (Å²) in [5.41, 5.74) is 4.58. The summed E-state index contributed by atoms with van der Waals surface area (Å²) >= 11 is 0. The lowest BCUT2D eigenvalue weighted by molar-refractivity contribution is 0.103. The number of carbonyl (C=O) groups excluding carboxylic acids is 2. The lowest BCUT2D eigenvalue weighted by Crippen LogP contribution is -2.21. The Morgan fingerprint density at radius 2 is 1.52 bits per heavy atom. The standard InChI is InChI=1S/C23H16O3S/c1-2-26-16-12-10-15(11-13-16)17-8-5-9-20-21(17)22(25)18-6-3-4-7-19(18)23(20)27-14-24/h3-13H,2H2,1H3. The molecule has 0 atom stereocenters. The quantitative estimate of drug-likeness (QED) is 0.491. The zero-order valence-electron chi connectivity index (χ0n) is 14.7. The fourth-order valence-electron chi connectivity index (χ4n) is 3.43. The first-order valence-electron chi connectivity index (χ1n) is 8.66. The lowest BCUT2D eigenvalue weighted by atomic mass is 9.81. The molecular formula is C23H16O3S. The third-order valence-corrected chi connectivity index (χ3v) is 5.30. The topological polar surface area (TPSA) is 43.4 Å². The van der Waals surface area contributed by atoms with E-state index < -0.39 is 0 Å². The van der Waals surface area contributed by atoms with E-state index in [4.69, 9.17) is 4.74 Å². The van der Waals surface area contributed by atoms with Crippen LogP contribution >= 0.6 is 10.9 Å². The summed E-state index contributed by atoms with van der Waals surface area (Å²) in [6.45, 7) is 2.55. The van der Waals surface area contributed by atoms with Gasteiger partial charge in [0.2, 0.25) is 0 Å². The monoisotopic (exact) mass is 372 g/mol. The molecule has 0 spiro atoms. The van der Waals surface area contributed by atoms with Gasteiger partial charge in [0, 0.05) is 22.3 Å². The smallest absolute Gasteiger partial charge is 0.194 e. The van der Waals surface area contributed by atoms with E-state index in [1.54, 1.807) is 6.07 Å². The summed E-state index contributed by atoms with van der Waals surface area (Å²) in [5, 5.41) is 1.92. The molecule has 0 aromatic heterocycles. The van der Waals surface area contributed by atoms with Crippen molar-refractivity contribution in [1.29, 1.82) is 0 Å². The predicted molar refractivity (Wildman–Crippen MR) is 109 cm³/mol. The van der Waals surface area contributed by atoms with Crippen molar-refractivity contribution in [2.75, 3.05) is 6.61 Å². The van der Waals surface area contributed by atoms with E-state index in [2.05, 4.69) is 0 Å². The Balaban J connectivity index is 1.95. The van der Waals surface area contributed by atoms with Crippen LogP contribution < -0.4 is 4.74 Å². The van der Waals surface area contributed by atoms with E-state index in [0.717, 1.165) is 43.8 Å². The molecule has 27 heavy (non-hydrogen) atoms. The Morgan fingerprint density at radius 3 is 2.22 bits per heavy atom. The van der Waals surface area contributed by atoms with Crippen LogP contribution in [0.3, 0.4) is 0 Å². The SMILES string of the molecule is CCOc1ccc(-c2cccc3c2C(=O)c2ccccc2C3=S=C=O)cc1. The van der Waals surface area contributed by atoms with Crippen LogP contribution in [0.15, 0.2) is 66.7 Å². The van der Waals surface area contributed by atoms with Crippen molar-refractivity contribution in [3.8, 4) is 16.9 Å². The molecule has 0 bridgehead atoms. The van der Waals surface area contributed by atoms with Gasteiger partial charge in [0.1, 0.15) is 5.75 Å². The predicted octanol–water partition coefficient (Wildman–Crippen LogP) is 4.67. The van der Waals surface area contributed by atoms with Gasteiger partial charge in [-0.1, -0.05) is 54.6 Å². The summed E-state index contributed by atoms with van der Waals surface area (Å²) < 4.78 is 5.51. The third kappa shape index (κ3) is 2.95. The average Bonchev–Trinajstić information content (AvgIpc) is 2.71. The van der Waals surface area contributed by atoms with Crippen LogP contribution in [0.2, 0.25) is 0 Å². The van der Waals surface area contributed by atoms with Gasteiger partial charge in [-0.05, 0) is 41.1 Å². The molecule has 0 aliphatic heterocycles. The highest BCUT2D eigenvalue weighted by Crippen LogP contribution is 2.35. The first-order valence-corrected chi connectivity index (χ1v) is 9.48. The van der Waals surface area contributed by atoms with E-state index in [0.29, 0.717) is 17.7 Å². The van der Waals surface area contributed by atoms with Crippen molar-refractivity contribution in [1.82, 2.24) is 0 Å². The second-order valence-corrected chi connectivity index (χ2v) is 6.85. The van der Waals surface area contributed by atoms with Crippen molar-refractivity contribution in [3.63, 3.8) is 0 Å². The Morgan fingerprint density at radius 1 is 0.852 bits per heavy atom. The average molecular weight is 372 g/mol. The lowest BCUT2D eigenvalue weighted by Gasteiger charge is -2.22. The van der Waals surface area contributed by atoms with Gasteiger partial charge < -0.3 is 4.74 Å². The van der Waals surface area contributed by atoms with Crippen molar-refractivity contribution < 1.29 is 14.3 Å². The molecular weight excluding hydrogens is 356 g/mol. The van der Waals surface area contributed by atoms with Crippen LogP contribution in [-0.4, -0.2) is 22.5 Å². The van der Waals surface area contributed by atoms with E-state index in [-0.39, 0.29) is 5.78 Å². The summed E-state index contributed by atoms with van der Waals surface area (Å²) in [4.78, 5) is 25.2. The van der Waals surface area contributed by atoms with Gasteiger partial charge >= 0.3 is 0 Å². The molecule has 1 aliphatic rings. The largest absolute Gasteiger partial charge is 0.494 e. The Bertz CT molecular complexity index is 1130. The Hall–Kier alpha value is -3.20. The summed E-state index contributed by atoms with van der Waals surface area (Å²) in [6, 6.07) is 20.8. The zero-order chi connectivity index (χ0) is 18.8. The molecule has 0 amide bonds. The molecule has 4 rings (SSSR count). The molecule has 3 aromatic carbocycles. The molecule has 0 saturated heterocycles. The molecule has 4 heteroatoms. The third-order valence-electron chi connectivity index (χ3n) is 4.57. The molecule has 0 N–H and O–H groups in total. The summed E-state index contributed by atoms with van der Waals surface area (Å²) in [7, 11) is 0.991. The first-order chi connectivity index (χ1) is 13.2. The first kappa shape index (κ1) is 17.2. The molecule has 0 saturated carbocycles. The number of benzene rings is 3. The highest BCUT2D eigenvalue weighted by molar-refractivity contribution is 7.97. The summed E-state index contributed by atoms with van der Waals surface area (Å²) in [5.74, 6) is 0.765. The minimum Gasteiger partial charge on any atom is -0.494 e. The Kier molecular flexibility index (Phi) is 4.59. The minimum absolute atomic E-state index is 0.0275. The minimum atomic E-state index is -0.0275. The summed E-state index contributed by atoms with van der Waals surface area (Å²) in [6.07, 6.45) is 0. The molecule has 3 aromatic rings. The van der Waals surface area contributed by atoms with Gasteiger partial charge in [-0.2, -0.15) is 0 Å². The van der Waals surface area contributed by atoms with Crippen LogP contribution in [0.1, 0.15) is 34.0 Å². The highest BCUT2D eigenvalue weighted by Gasteiger charge is 2.29. The van der Waals surface area contributed by atoms with Gasteiger partial charge in [0.25, 0.3) is 0 Å². The van der Waals surface area contributed by atoms with Gasteiger partial charge in [-0.15, -0.1) is 0 Å². The van der Waals surface area contributed by atoms with Gasteiger partial charge in [0.05, 0.1) is 11.5 Å². The molecule has 0 unspecified atom stereocenters. The molecule has 0 heterocycles. The normalized spacial score (nSPS) is 12.0. The molecule has 132 valence electrons. The van der Waals surface area contributed by atoms with Gasteiger partial charge in [0.15, 0.2) is 11.0 Å². The number of fused-ring (bicyclic) bond motifs is 2. The fraction of sp³-hybridized carbons (Fsp3) is 0.0870. The van der Waals surface area contributed by atoms with Crippen molar-refractivity contribution >= 4 is 26.8 Å². The molecule has 0 fully saturated rings. The van der Waals surface area contributed by atoms with E-state index in [1.807, 2.05) is 72.8 Å². The zero-order valence-corrected chi connectivity index (χ0v) is 15.5. The van der Waals surface area contributed by atoms with Gasteiger partial charge in [-0.3, -0.25) is 4.79 Å². The second kappa shape index (κ2) is 7.20. The van der Waals surface area contributed by atoms with Crippen molar-refractivity contribution in [2.45, 2.75) is 6.92 Å². The fourth-order valence-corrected chi connectivity index (χ4v) is 4.09. The second-order valence-electron chi connectivity index (χ2n) is 6.07. The number of rotatable bonds is 3. The van der Waals surface area contributed by atoms with E-state index in [1.165, 1.54) is 0 Å². The number of hydrogen-bond acceptors (Lipinski definition) is 3. The van der Waals surface area contributed by atoms with Crippen LogP contribution in [0.4, 0.5) is 0 Å². The van der Waals surface area contributed by atoms with Crippen LogP contribution in [0.25, 0.3) is 11.1 Å². The maximum atomic E-state index is 13.3. The maximum absolute atomic E-state index is 13.3. The highest BCUT2D eigenvalue weighted by atomic mass is 32.1. The maximum Gasteiger partial charge on any atom is 0.194 e. The number of ether oxygens (including phenoxy) is 1. The van der Waals surface area contributed by atoms with Crippen molar-refractivity contribution in [2.24, 2.45) is 0 Å². The molecule has 3 nitrogen and oxygen atoms in total. The van der Waals surface area contributed by atoms with Crippen LogP contribution in [0, 0.1) is 0 Å². The van der Waals surface area contributed by atoms with Gasteiger partial charge in [-0.25, -0.2) is 4.79 Å². The molecule has 1 aliphatic carbocycles. The Labute approximate surface area is 160 Å². The number of ketones is 1. The number of hydrogen-bond donors (Lipinski definition) is 0. The van der Waals surface area contributed by atoms with E-state index in [9.17, 15) is 9.59 Å². The molecule has 0 radical (unpaired) electrons. The van der Waals surface area contributed by atoms with Crippen LogP contribution in [0.5, 0.6) is 5.75 Å².